The van der Waals surface area contributed by atoms with Crippen LogP contribution in [0.25, 0.3) is 6.08 Å². The predicted molar refractivity (Wildman–Crippen MR) is 98.2 cm³/mol. The van der Waals surface area contributed by atoms with Crippen molar-refractivity contribution in [1.82, 2.24) is 0 Å². The second-order valence-corrected chi connectivity index (χ2v) is 5.41. The molecule has 0 saturated carbocycles. The first-order valence-electron chi connectivity index (χ1n) is 8.20. The van der Waals surface area contributed by atoms with Gasteiger partial charge in [0, 0.05) is 16.6 Å². The molecule has 0 heterocycles. The summed E-state index contributed by atoms with van der Waals surface area (Å²) < 4.78 is 19.5. The minimum Gasteiger partial charge on any atom is -0.493 e. The molecule has 0 aliphatic rings. The number of carbonyl (C=O) groups excluding carboxylic acids is 2. The van der Waals surface area contributed by atoms with Crippen molar-refractivity contribution < 1.29 is 38.4 Å². The van der Waals surface area contributed by atoms with E-state index in [0.717, 1.165) is 19.3 Å². The number of benzene rings is 1. The van der Waals surface area contributed by atoms with Gasteiger partial charge in [0.05, 0.1) is 44.8 Å². The van der Waals surface area contributed by atoms with Crippen LogP contribution in [0, 0.1) is 20.2 Å². The first kappa shape index (κ1) is 23.3. The predicted octanol–water partition coefficient (Wildman–Crippen LogP) is 1.77. The fourth-order valence-corrected chi connectivity index (χ4v) is 2.44. The van der Waals surface area contributed by atoms with E-state index in [2.05, 4.69) is 9.47 Å². The molecular formula is C17H20N2O10. The SMILES string of the molecule is CCOC(=O)C(C/C(=C\c1c([N+](=O)[O-])ccc(OC)c1OC)C(=O)OC)[N+](=O)[O-]. The van der Waals surface area contributed by atoms with E-state index < -0.39 is 39.9 Å². The van der Waals surface area contributed by atoms with Gasteiger partial charge >= 0.3 is 18.0 Å². The van der Waals surface area contributed by atoms with Crippen LogP contribution in [0.5, 0.6) is 11.5 Å². The minimum atomic E-state index is -1.91. The Morgan fingerprint density at radius 2 is 1.79 bits per heavy atom. The topological polar surface area (TPSA) is 157 Å². The van der Waals surface area contributed by atoms with Gasteiger partial charge in [-0.2, -0.15) is 0 Å². The monoisotopic (exact) mass is 412 g/mol. The van der Waals surface area contributed by atoms with Gasteiger partial charge in [0.25, 0.3) is 5.69 Å². The molecule has 29 heavy (non-hydrogen) atoms. The molecule has 158 valence electrons. The normalized spacial score (nSPS) is 11.9. The van der Waals surface area contributed by atoms with Crippen molar-refractivity contribution in [3.05, 3.63) is 43.5 Å². The molecule has 1 unspecified atom stereocenters. The van der Waals surface area contributed by atoms with Gasteiger partial charge in [-0.1, -0.05) is 0 Å². The lowest BCUT2D eigenvalue weighted by molar-refractivity contribution is -0.509. The molecule has 0 bridgehead atoms. The highest BCUT2D eigenvalue weighted by atomic mass is 16.6. The summed E-state index contributed by atoms with van der Waals surface area (Å²) in [7, 11) is 3.57. The van der Waals surface area contributed by atoms with Crippen molar-refractivity contribution in [3.8, 4) is 11.5 Å². The molecule has 12 nitrogen and oxygen atoms in total. The van der Waals surface area contributed by atoms with E-state index in [1.165, 1.54) is 27.2 Å². The second kappa shape index (κ2) is 10.6. The number of nitro groups is 2. The number of rotatable bonds is 10. The third-order valence-electron chi connectivity index (χ3n) is 3.75. The summed E-state index contributed by atoms with van der Waals surface area (Å²) in [4.78, 5) is 45.1. The van der Waals surface area contributed by atoms with Crippen LogP contribution in [0.2, 0.25) is 0 Å². The van der Waals surface area contributed by atoms with E-state index in [1.807, 2.05) is 0 Å². The van der Waals surface area contributed by atoms with Gasteiger partial charge in [-0.3, -0.25) is 20.2 Å². The Morgan fingerprint density at radius 3 is 2.24 bits per heavy atom. The molecule has 0 saturated heterocycles. The minimum absolute atomic E-state index is 0.0723. The quantitative estimate of drug-likeness (QED) is 0.240. The zero-order valence-electron chi connectivity index (χ0n) is 16.2. The van der Waals surface area contributed by atoms with Crippen molar-refractivity contribution in [2.45, 2.75) is 19.4 Å². The van der Waals surface area contributed by atoms with Gasteiger partial charge in [0.2, 0.25) is 0 Å². The third-order valence-corrected chi connectivity index (χ3v) is 3.75. The highest BCUT2D eigenvalue weighted by molar-refractivity contribution is 5.96. The summed E-state index contributed by atoms with van der Waals surface area (Å²) >= 11 is 0. The zero-order valence-corrected chi connectivity index (χ0v) is 16.2. The van der Waals surface area contributed by atoms with Gasteiger partial charge in [0.15, 0.2) is 11.5 Å². The molecule has 0 amide bonds. The van der Waals surface area contributed by atoms with E-state index >= 15 is 0 Å². The molecule has 1 atom stereocenters. The van der Waals surface area contributed by atoms with E-state index in [-0.39, 0.29) is 29.2 Å². The van der Waals surface area contributed by atoms with Gasteiger partial charge < -0.3 is 18.9 Å². The Hall–Kier alpha value is -3.70. The molecule has 0 aliphatic carbocycles. The van der Waals surface area contributed by atoms with Crippen LogP contribution < -0.4 is 9.47 Å². The fourth-order valence-electron chi connectivity index (χ4n) is 2.44. The first-order valence-corrected chi connectivity index (χ1v) is 8.20. The summed E-state index contributed by atoms with van der Waals surface area (Å²) in [6, 6.07) is 0.513. The lowest BCUT2D eigenvalue weighted by atomic mass is 10.0. The van der Waals surface area contributed by atoms with Crippen molar-refractivity contribution in [1.29, 1.82) is 0 Å². The van der Waals surface area contributed by atoms with Crippen molar-refractivity contribution in [3.63, 3.8) is 0 Å². The van der Waals surface area contributed by atoms with Gasteiger partial charge in [-0.15, -0.1) is 0 Å². The smallest absolute Gasteiger partial charge is 0.382 e. The molecule has 0 aromatic heterocycles. The molecule has 1 rings (SSSR count). The van der Waals surface area contributed by atoms with E-state index in [9.17, 15) is 29.8 Å². The van der Waals surface area contributed by atoms with Gasteiger partial charge in [0.1, 0.15) is 0 Å². The van der Waals surface area contributed by atoms with Crippen molar-refractivity contribution >= 4 is 23.7 Å². The maximum absolute atomic E-state index is 12.2. The van der Waals surface area contributed by atoms with Crippen molar-refractivity contribution in [2.75, 3.05) is 27.9 Å². The molecule has 0 radical (unpaired) electrons. The standard InChI is InChI=1S/C17H20N2O10/c1-5-29-17(21)13(19(24)25)9-10(16(20)28-4)8-11-12(18(22)23)6-7-14(26-2)15(11)27-3/h6-8,13H,5,9H2,1-4H3/b10-8+. The number of hydrogen-bond donors (Lipinski definition) is 0. The maximum Gasteiger partial charge on any atom is 0.382 e. The molecular weight excluding hydrogens is 392 g/mol. The van der Waals surface area contributed by atoms with Gasteiger partial charge in [-0.25, -0.2) is 9.59 Å². The van der Waals surface area contributed by atoms with E-state index in [0.29, 0.717) is 0 Å². The van der Waals surface area contributed by atoms with Crippen LogP contribution in [0.4, 0.5) is 5.69 Å². The average molecular weight is 412 g/mol. The summed E-state index contributed by atoms with van der Waals surface area (Å²) in [5.41, 5.74) is -0.988. The summed E-state index contributed by atoms with van der Waals surface area (Å²) in [5.74, 6) is -2.11. The Bertz CT molecular complexity index is 834. The number of carbonyl (C=O) groups is 2. The van der Waals surface area contributed by atoms with Crippen LogP contribution >= 0.6 is 0 Å². The number of ether oxygens (including phenoxy) is 4. The highest BCUT2D eigenvalue weighted by Crippen LogP contribution is 2.39. The van der Waals surface area contributed by atoms with Crippen molar-refractivity contribution in [2.24, 2.45) is 0 Å². The molecule has 0 N–H and O–H groups in total. The van der Waals surface area contributed by atoms with Gasteiger partial charge in [-0.05, 0) is 19.1 Å². The first-order chi connectivity index (χ1) is 13.7. The second-order valence-electron chi connectivity index (χ2n) is 5.41. The lowest BCUT2D eigenvalue weighted by Gasteiger charge is -2.13. The molecule has 0 fully saturated rings. The van der Waals surface area contributed by atoms with Crippen LogP contribution in [-0.4, -0.2) is 55.8 Å². The Labute approximate surface area is 165 Å². The van der Waals surface area contributed by atoms with E-state index in [4.69, 9.17) is 9.47 Å². The molecule has 1 aromatic rings. The molecule has 0 aliphatic heterocycles. The van der Waals surface area contributed by atoms with Crippen LogP contribution in [0.1, 0.15) is 18.9 Å². The summed E-state index contributed by atoms with van der Waals surface area (Å²) in [6.45, 7) is 1.37. The summed E-state index contributed by atoms with van der Waals surface area (Å²) in [5, 5.41) is 22.7. The maximum atomic E-state index is 12.2. The summed E-state index contributed by atoms with van der Waals surface area (Å²) in [6.07, 6.45) is 0.289. The van der Waals surface area contributed by atoms with Crippen LogP contribution in [0.15, 0.2) is 17.7 Å². The fraction of sp³-hybridized carbons (Fsp3) is 0.412. The Kier molecular flexibility index (Phi) is 8.52. The molecule has 1 aromatic carbocycles. The average Bonchev–Trinajstić information content (AvgIpc) is 2.69. The van der Waals surface area contributed by atoms with Crippen LogP contribution in [0.3, 0.4) is 0 Å². The van der Waals surface area contributed by atoms with Crippen LogP contribution in [-0.2, 0) is 19.1 Å². The third kappa shape index (κ3) is 5.64. The highest BCUT2D eigenvalue weighted by Gasteiger charge is 2.35. The number of hydrogen-bond acceptors (Lipinski definition) is 10. The largest absolute Gasteiger partial charge is 0.493 e. The molecule has 12 heteroatoms. The number of nitrogens with zero attached hydrogens (tertiary/aromatic N) is 2. The Balaban J connectivity index is 3.64. The van der Waals surface area contributed by atoms with E-state index in [1.54, 1.807) is 0 Å². The number of nitro benzene ring substituents is 1. The Morgan fingerprint density at radius 1 is 1.14 bits per heavy atom. The number of methoxy groups -OCH3 is 3. The molecule has 0 spiro atoms. The zero-order chi connectivity index (χ0) is 22.1. The lowest BCUT2D eigenvalue weighted by Crippen LogP contribution is -2.33. The number of esters is 2.